The molecule has 1 aromatic heterocycles. The summed E-state index contributed by atoms with van der Waals surface area (Å²) in [7, 11) is 0. The molecule has 1 atom stereocenters. The molecule has 0 bridgehead atoms. The lowest BCUT2D eigenvalue weighted by molar-refractivity contribution is 0.484. The molecule has 1 fully saturated rings. The van der Waals surface area contributed by atoms with E-state index in [1.54, 1.807) is 0 Å². The van der Waals surface area contributed by atoms with Crippen LogP contribution in [0.3, 0.4) is 0 Å². The standard InChI is InChI=1S/C13H21N3O/c1-9(2)12-6-11(7-15-13(12)17)16-5-4-14-10(3)8-16/h6-7,9-10,14H,4-5,8H2,1-3H3,(H,15,17)/t10-/m1/s1. The lowest BCUT2D eigenvalue weighted by Gasteiger charge is -2.33. The smallest absolute Gasteiger partial charge is 0.251 e. The van der Waals surface area contributed by atoms with Crippen molar-refractivity contribution in [3.8, 4) is 0 Å². The van der Waals surface area contributed by atoms with E-state index in [4.69, 9.17) is 0 Å². The minimum Gasteiger partial charge on any atom is -0.368 e. The molecule has 0 unspecified atom stereocenters. The minimum atomic E-state index is 0.0342. The maximum absolute atomic E-state index is 11.7. The summed E-state index contributed by atoms with van der Waals surface area (Å²) < 4.78 is 0. The number of anilines is 1. The minimum absolute atomic E-state index is 0.0342. The Balaban J connectivity index is 2.26. The fourth-order valence-corrected chi connectivity index (χ4v) is 2.27. The lowest BCUT2D eigenvalue weighted by Crippen LogP contribution is -2.49. The van der Waals surface area contributed by atoms with Crippen molar-refractivity contribution in [1.29, 1.82) is 0 Å². The first-order chi connectivity index (χ1) is 8.08. The number of nitrogens with one attached hydrogen (secondary N) is 2. The monoisotopic (exact) mass is 235 g/mol. The van der Waals surface area contributed by atoms with Crippen LogP contribution in [0.2, 0.25) is 0 Å². The molecule has 94 valence electrons. The van der Waals surface area contributed by atoms with Gasteiger partial charge < -0.3 is 15.2 Å². The second-order valence-electron chi connectivity index (χ2n) is 5.10. The molecule has 2 heterocycles. The number of hydrogen-bond acceptors (Lipinski definition) is 3. The van der Waals surface area contributed by atoms with Gasteiger partial charge in [-0.05, 0) is 18.9 Å². The maximum atomic E-state index is 11.7. The Bertz CT molecular complexity index is 439. The van der Waals surface area contributed by atoms with Gasteiger partial charge in [-0.15, -0.1) is 0 Å². The molecular formula is C13H21N3O. The SMILES string of the molecule is CC(C)c1cc(N2CCN[C@H](C)C2)c[nH]c1=O. The Kier molecular flexibility index (Phi) is 3.52. The summed E-state index contributed by atoms with van der Waals surface area (Å²) in [6.07, 6.45) is 1.83. The predicted octanol–water partition coefficient (Wildman–Crippen LogP) is 1.30. The normalized spacial score (nSPS) is 20.9. The molecule has 1 aromatic rings. The molecule has 0 amide bonds. The van der Waals surface area contributed by atoms with Crippen molar-refractivity contribution in [2.45, 2.75) is 32.7 Å². The van der Waals surface area contributed by atoms with E-state index < -0.39 is 0 Å². The third kappa shape index (κ3) is 2.69. The van der Waals surface area contributed by atoms with E-state index in [2.05, 4.69) is 36.0 Å². The van der Waals surface area contributed by atoms with Gasteiger partial charge in [-0.25, -0.2) is 0 Å². The molecule has 0 spiro atoms. The molecule has 0 aliphatic carbocycles. The van der Waals surface area contributed by atoms with Crippen LogP contribution in [0.1, 0.15) is 32.3 Å². The van der Waals surface area contributed by atoms with Crippen molar-refractivity contribution < 1.29 is 0 Å². The Morgan fingerprint density at radius 2 is 2.24 bits per heavy atom. The molecule has 2 rings (SSSR count). The van der Waals surface area contributed by atoms with Crippen molar-refractivity contribution >= 4 is 5.69 Å². The Hall–Kier alpha value is -1.29. The van der Waals surface area contributed by atoms with Crippen molar-refractivity contribution in [2.24, 2.45) is 0 Å². The number of aromatic nitrogens is 1. The van der Waals surface area contributed by atoms with E-state index >= 15 is 0 Å². The number of nitrogens with zero attached hydrogens (tertiary/aromatic N) is 1. The van der Waals surface area contributed by atoms with Crippen molar-refractivity contribution in [3.05, 3.63) is 28.2 Å². The van der Waals surface area contributed by atoms with E-state index in [-0.39, 0.29) is 11.5 Å². The topological polar surface area (TPSA) is 48.1 Å². The van der Waals surface area contributed by atoms with Crippen LogP contribution in [0.4, 0.5) is 5.69 Å². The number of hydrogen-bond donors (Lipinski definition) is 2. The van der Waals surface area contributed by atoms with Crippen LogP contribution in [-0.2, 0) is 0 Å². The highest BCUT2D eigenvalue weighted by atomic mass is 16.1. The highest BCUT2D eigenvalue weighted by molar-refractivity contribution is 5.47. The lowest BCUT2D eigenvalue weighted by atomic mass is 10.0. The summed E-state index contributed by atoms with van der Waals surface area (Å²) >= 11 is 0. The Labute approximate surface area is 102 Å². The first-order valence-electron chi connectivity index (χ1n) is 6.29. The first kappa shape index (κ1) is 12.2. The van der Waals surface area contributed by atoms with E-state index in [1.807, 2.05) is 12.3 Å². The van der Waals surface area contributed by atoms with Crippen LogP contribution in [0.15, 0.2) is 17.1 Å². The van der Waals surface area contributed by atoms with E-state index in [0.717, 1.165) is 30.9 Å². The average molecular weight is 235 g/mol. The van der Waals surface area contributed by atoms with Gasteiger partial charge in [-0.3, -0.25) is 4.79 Å². The molecule has 1 aliphatic heterocycles. The number of aromatic amines is 1. The molecule has 0 aromatic carbocycles. The van der Waals surface area contributed by atoms with Crippen molar-refractivity contribution in [1.82, 2.24) is 10.3 Å². The van der Waals surface area contributed by atoms with Gasteiger partial charge in [0.05, 0.1) is 5.69 Å². The van der Waals surface area contributed by atoms with Gasteiger partial charge in [0.25, 0.3) is 5.56 Å². The summed E-state index contributed by atoms with van der Waals surface area (Å²) in [4.78, 5) is 16.8. The van der Waals surface area contributed by atoms with Gasteiger partial charge in [0.15, 0.2) is 0 Å². The van der Waals surface area contributed by atoms with Crippen LogP contribution in [0.25, 0.3) is 0 Å². The molecular weight excluding hydrogens is 214 g/mol. The second-order valence-corrected chi connectivity index (χ2v) is 5.10. The zero-order valence-corrected chi connectivity index (χ0v) is 10.8. The van der Waals surface area contributed by atoms with Crippen molar-refractivity contribution in [2.75, 3.05) is 24.5 Å². The van der Waals surface area contributed by atoms with Gasteiger partial charge in [0, 0.05) is 37.4 Å². The summed E-state index contributed by atoms with van der Waals surface area (Å²) in [5, 5.41) is 3.42. The molecule has 1 saturated heterocycles. The van der Waals surface area contributed by atoms with Crippen LogP contribution in [0.5, 0.6) is 0 Å². The molecule has 0 saturated carbocycles. The van der Waals surface area contributed by atoms with E-state index in [1.165, 1.54) is 0 Å². The zero-order valence-electron chi connectivity index (χ0n) is 10.8. The van der Waals surface area contributed by atoms with Gasteiger partial charge in [0.1, 0.15) is 0 Å². The summed E-state index contributed by atoms with van der Waals surface area (Å²) in [5.41, 5.74) is 2.03. The molecule has 4 heteroatoms. The summed E-state index contributed by atoms with van der Waals surface area (Å²) in [5.74, 6) is 0.263. The largest absolute Gasteiger partial charge is 0.368 e. The Morgan fingerprint density at radius 1 is 1.47 bits per heavy atom. The number of H-pyrrole nitrogens is 1. The molecule has 1 aliphatic rings. The number of rotatable bonds is 2. The van der Waals surface area contributed by atoms with Crippen LogP contribution in [0, 0.1) is 0 Å². The number of piperazine rings is 1. The third-order valence-electron chi connectivity index (χ3n) is 3.27. The van der Waals surface area contributed by atoms with Gasteiger partial charge in [-0.2, -0.15) is 0 Å². The summed E-state index contributed by atoms with van der Waals surface area (Å²) in [6, 6.07) is 2.53. The number of pyridine rings is 1. The van der Waals surface area contributed by atoms with Crippen LogP contribution >= 0.6 is 0 Å². The molecule has 4 nitrogen and oxygen atoms in total. The third-order valence-corrected chi connectivity index (χ3v) is 3.27. The zero-order chi connectivity index (χ0) is 12.4. The second kappa shape index (κ2) is 4.92. The molecule has 2 N–H and O–H groups in total. The van der Waals surface area contributed by atoms with Gasteiger partial charge in [0.2, 0.25) is 0 Å². The highest BCUT2D eigenvalue weighted by Crippen LogP contribution is 2.18. The Morgan fingerprint density at radius 3 is 2.88 bits per heavy atom. The van der Waals surface area contributed by atoms with Gasteiger partial charge in [-0.1, -0.05) is 13.8 Å². The maximum Gasteiger partial charge on any atom is 0.251 e. The van der Waals surface area contributed by atoms with Gasteiger partial charge >= 0.3 is 0 Å². The highest BCUT2D eigenvalue weighted by Gasteiger charge is 2.17. The molecule has 0 radical (unpaired) electrons. The van der Waals surface area contributed by atoms with E-state index in [0.29, 0.717) is 6.04 Å². The van der Waals surface area contributed by atoms with Crippen LogP contribution < -0.4 is 15.8 Å². The van der Waals surface area contributed by atoms with E-state index in [9.17, 15) is 4.79 Å². The fourth-order valence-electron chi connectivity index (χ4n) is 2.27. The predicted molar refractivity (Wildman–Crippen MR) is 70.8 cm³/mol. The fraction of sp³-hybridized carbons (Fsp3) is 0.615. The average Bonchev–Trinajstić information content (AvgIpc) is 2.29. The van der Waals surface area contributed by atoms with Crippen molar-refractivity contribution in [3.63, 3.8) is 0 Å². The molecule has 17 heavy (non-hydrogen) atoms. The summed E-state index contributed by atoms with van der Waals surface area (Å²) in [6.45, 7) is 9.26. The first-order valence-corrected chi connectivity index (χ1v) is 6.29. The van der Waals surface area contributed by atoms with Crippen LogP contribution in [-0.4, -0.2) is 30.7 Å². The quantitative estimate of drug-likeness (QED) is 0.812.